The molecule has 0 saturated carbocycles. The Kier molecular flexibility index (Phi) is 7.64. The average Bonchev–Trinajstić information content (AvgIpc) is 3.24. The lowest BCUT2D eigenvalue weighted by atomic mass is 9.87. The molecule has 0 spiro atoms. The van der Waals surface area contributed by atoms with Crippen molar-refractivity contribution in [1.82, 2.24) is 4.57 Å². The molecule has 0 aliphatic heterocycles. The van der Waals surface area contributed by atoms with Crippen molar-refractivity contribution in [3.63, 3.8) is 0 Å². The van der Waals surface area contributed by atoms with Gasteiger partial charge in [0.05, 0.1) is 13.7 Å². The van der Waals surface area contributed by atoms with Crippen LogP contribution in [0, 0.1) is 11.3 Å². The fourth-order valence-electron chi connectivity index (χ4n) is 4.07. The maximum atomic E-state index is 12.8. The third kappa shape index (κ3) is 6.20. The van der Waals surface area contributed by atoms with Gasteiger partial charge in [-0.25, -0.2) is 0 Å². The molecule has 4 aromatic rings. The summed E-state index contributed by atoms with van der Waals surface area (Å²) in [6, 6.07) is 25.1. The van der Waals surface area contributed by atoms with Gasteiger partial charge in [0.2, 0.25) is 0 Å². The molecule has 0 fully saturated rings. The summed E-state index contributed by atoms with van der Waals surface area (Å²) in [5.74, 6) is 1.05. The van der Waals surface area contributed by atoms with Crippen LogP contribution < -0.4 is 14.8 Å². The number of nitrogens with zero attached hydrogens (tertiary/aromatic N) is 2. The molecule has 188 valence electrons. The zero-order valence-corrected chi connectivity index (χ0v) is 21.6. The van der Waals surface area contributed by atoms with Crippen LogP contribution in [-0.2, 0) is 16.8 Å². The largest absolute Gasteiger partial charge is 0.497 e. The van der Waals surface area contributed by atoms with Crippen molar-refractivity contribution in [2.24, 2.45) is 0 Å². The van der Waals surface area contributed by atoms with Gasteiger partial charge >= 0.3 is 0 Å². The second-order valence-electron chi connectivity index (χ2n) is 9.77. The number of hydrogen-bond donors (Lipinski definition) is 1. The van der Waals surface area contributed by atoms with E-state index in [0.29, 0.717) is 24.6 Å². The summed E-state index contributed by atoms with van der Waals surface area (Å²) in [6.07, 6.45) is 3.58. The van der Waals surface area contributed by atoms with Crippen molar-refractivity contribution < 1.29 is 14.3 Å². The van der Waals surface area contributed by atoms with Gasteiger partial charge in [-0.05, 0) is 59.5 Å². The van der Waals surface area contributed by atoms with E-state index in [2.05, 4.69) is 42.8 Å². The number of carbonyl (C=O) groups excluding carboxylic acids is 1. The van der Waals surface area contributed by atoms with Crippen molar-refractivity contribution in [2.75, 3.05) is 19.0 Å². The minimum atomic E-state index is -0.466. The smallest absolute Gasteiger partial charge is 0.266 e. The molecule has 6 nitrogen and oxygen atoms in total. The van der Waals surface area contributed by atoms with E-state index >= 15 is 0 Å². The molecule has 6 heteroatoms. The highest BCUT2D eigenvalue weighted by Gasteiger charge is 2.14. The number of nitrogens with one attached hydrogen (secondary N) is 1. The zero-order valence-electron chi connectivity index (χ0n) is 21.6. The fraction of sp³-hybridized carbons (Fsp3) is 0.226. The molecule has 1 amide bonds. The van der Waals surface area contributed by atoms with Crippen LogP contribution in [-0.4, -0.2) is 24.2 Å². The van der Waals surface area contributed by atoms with Crippen LogP contribution >= 0.6 is 0 Å². The van der Waals surface area contributed by atoms with Crippen molar-refractivity contribution >= 4 is 28.6 Å². The molecule has 0 atom stereocenters. The normalized spacial score (nSPS) is 11.7. The standard InChI is InChI=1S/C31H31N3O3/c1-31(2,3)24-9-13-27(14-10-24)37-18-17-34-21-23(28-7-5-6-8-29(28)34)19-22(20-32)30(35)33-25-11-15-26(36-4)16-12-25/h5-16,19,21H,17-18H2,1-4H3,(H,33,35)/b22-19+. The number of amides is 1. The Balaban J connectivity index is 1.49. The van der Waals surface area contributed by atoms with Gasteiger partial charge in [-0.2, -0.15) is 5.26 Å². The second kappa shape index (κ2) is 11.0. The van der Waals surface area contributed by atoms with Gasteiger partial charge in [0.1, 0.15) is 29.7 Å². The van der Waals surface area contributed by atoms with Crippen LogP contribution in [0.15, 0.2) is 84.6 Å². The Hall–Kier alpha value is -4.50. The number of nitriles is 1. The summed E-state index contributed by atoms with van der Waals surface area (Å²) < 4.78 is 13.2. The van der Waals surface area contributed by atoms with Crippen LogP contribution in [0.5, 0.6) is 11.5 Å². The highest BCUT2D eigenvalue weighted by Crippen LogP contribution is 2.26. The molecule has 1 N–H and O–H groups in total. The second-order valence-corrected chi connectivity index (χ2v) is 9.77. The number of benzene rings is 3. The van der Waals surface area contributed by atoms with E-state index in [1.807, 2.05) is 48.7 Å². The average molecular weight is 494 g/mol. The minimum absolute atomic E-state index is 0.0221. The molecule has 1 heterocycles. The molecule has 37 heavy (non-hydrogen) atoms. The fourth-order valence-corrected chi connectivity index (χ4v) is 4.07. The Labute approximate surface area is 217 Å². The first-order valence-corrected chi connectivity index (χ1v) is 12.2. The Morgan fingerprint density at radius 1 is 1.00 bits per heavy atom. The maximum absolute atomic E-state index is 12.8. The number of methoxy groups -OCH3 is 1. The van der Waals surface area contributed by atoms with E-state index in [-0.39, 0.29) is 11.0 Å². The van der Waals surface area contributed by atoms with E-state index in [1.54, 1.807) is 37.5 Å². The summed E-state index contributed by atoms with van der Waals surface area (Å²) in [4.78, 5) is 12.8. The van der Waals surface area contributed by atoms with Gasteiger partial charge in [-0.3, -0.25) is 4.79 Å². The highest BCUT2D eigenvalue weighted by atomic mass is 16.5. The number of anilines is 1. The van der Waals surface area contributed by atoms with E-state index in [9.17, 15) is 10.1 Å². The Morgan fingerprint density at radius 2 is 1.68 bits per heavy atom. The lowest BCUT2D eigenvalue weighted by molar-refractivity contribution is -0.112. The summed E-state index contributed by atoms with van der Waals surface area (Å²) in [5.41, 5.74) is 3.77. The summed E-state index contributed by atoms with van der Waals surface area (Å²) >= 11 is 0. The van der Waals surface area contributed by atoms with E-state index in [1.165, 1.54) is 5.56 Å². The number of aromatic nitrogens is 1. The van der Waals surface area contributed by atoms with Crippen LogP contribution in [0.4, 0.5) is 5.69 Å². The number of para-hydroxylation sites is 1. The first-order chi connectivity index (χ1) is 17.8. The third-order valence-electron chi connectivity index (χ3n) is 6.15. The summed E-state index contributed by atoms with van der Waals surface area (Å²) in [5, 5.41) is 13.4. The van der Waals surface area contributed by atoms with Gasteiger partial charge in [0, 0.05) is 28.4 Å². The van der Waals surface area contributed by atoms with E-state index in [0.717, 1.165) is 22.2 Å². The van der Waals surface area contributed by atoms with Crippen molar-refractivity contribution in [3.8, 4) is 17.6 Å². The van der Waals surface area contributed by atoms with E-state index in [4.69, 9.17) is 9.47 Å². The molecule has 0 aliphatic rings. The first-order valence-electron chi connectivity index (χ1n) is 12.2. The van der Waals surface area contributed by atoms with Crippen molar-refractivity contribution in [3.05, 3.63) is 95.7 Å². The van der Waals surface area contributed by atoms with Gasteiger partial charge in [-0.1, -0.05) is 51.1 Å². The van der Waals surface area contributed by atoms with Gasteiger partial charge in [0.15, 0.2) is 0 Å². The molecule has 4 rings (SSSR count). The first kappa shape index (κ1) is 25.6. The van der Waals surface area contributed by atoms with Crippen LogP contribution in [0.25, 0.3) is 17.0 Å². The molecule has 0 bridgehead atoms. The van der Waals surface area contributed by atoms with Crippen molar-refractivity contribution in [2.45, 2.75) is 32.7 Å². The summed E-state index contributed by atoms with van der Waals surface area (Å²) in [7, 11) is 1.58. The van der Waals surface area contributed by atoms with Gasteiger partial charge < -0.3 is 19.4 Å². The quantitative estimate of drug-likeness (QED) is 0.222. The lowest BCUT2D eigenvalue weighted by Crippen LogP contribution is -2.13. The van der Waals surface area contributed by atoms with Crippen molar-refractivity contribution in [1.29, 1.82) is 5.26 Å². The van der Waals surface area contributed by atoms with Gasteiger partial charge in [-0.15, -0.1) is 0 Å². The number of ether oxygens (including phenoxy) is 2. The Morgan fingerprint density at radius 3 is 2.32 bits per heavy atom. The van der Waals surface area contributed by atoms with Crippen LogP contribution in [0.3, 0.4) is 0 Å². The Bertz CT molecular complexity index is 1450. The molecule has 0 unspecified atom stereocenters. The topological polar surface area (TPSA) is 76.3 Å². The third-order valence-corrected chi connectivity index (χ3v) is 6.15. The summed E-state index contributed by atoms with van der Waals surface area (Å²) in [6.45, 7) is 7.67. The number of fused-ring (bicyclic) bond motifs is 1. The molecular weight excluding hydrogens is 462 g/mol. The highest BCUT2D eigenvalue weighted by molar-refractivity contribution is 6.10. The van der Waals surface area contributed by atoms with Crippen LogP contribution in [0.1, 0.15) is 31.9 Å². The van der Waals surface area contributed by atoms with E-state index < -0.39 is 5.91 Å². The number of carbonyl (C=O) groups is 1. The molecule has 0 saturated heterocycles. The lowest BCUT2D eigenvalue weighted by Gasteiger charge is -2.19. The van der Waals surface area contributed by atoms with Gasteiger partial charge in [0.25, 0.3) is 5.91 Å². The predicted octanol–water partition coefficient (Wildman–Crippen LogP) is 6.57. The molecule has 3 aromatic carbocycles. The monoisotopic (exact) mass is 493 g/mol. The zero-order chi connectivity index (χ0) is 26.4. The SMILES string of the molecule is COc1ccc(NC(=O)/C(C#N)=C/c2cn(CCOc3ccc(C(C)(C)C)cc3)c3ccccc23)cc1. The number of hydrogen-bond acceptors (Lipinski definition) is 4. The minimum Gasteiger partial charge on any atom is -0.497 e. The molecular formula is C31H31N3O3. The van der Waals surface area contributed by atoms with Crippen LogP contribution in [0.2, 0.25) is 0 Å². The predicted molar refractivity (Wildman–Crippen MR) is 148 cm³/mol. The molecule has 0 aliphatic carbocycles. The number of rotatable bonds is 8. The molecule has 1 aromatic heterocycles. The maximum Gasteiger partial charge on any atom is 0.266 e. The molecule has 0 radical (unpaired) electrons.